The number of nitrogens with zero attached hydrogens (tertiary/aromatic N) is 2. The van der Waals surface area contributed by atoms with Gasteiger partial charge in [0.25, 0.3) is 0 Å². The highest BCUT2D eigenvalue weighted by Gasteiger charge is 2.31. The second kappa shape index (κ2) is 11.9. The van der Waals surface area contributed by atoms with Crippen molar-refractivity contribution in [3.05, 3.63) is 36.1 Å². The SMILES string of the molecule is CC[N+](CC)(CC)CC[N+](CC)(CC)Cc1cc2ccccc2o1.[I-].[I-]. The summed E-state index contributed by atoms with van der Waals surface area (Å²) in [6.45, 7) is 21.1. The zero-order chi connectivity index (χ0) is 17.6. The Morgan fingerprint density at radius 2 is 1.23 bits per heavy atom. The minimum Gasteiger partial charge on any atom is -1.00 e. The van der Waals surface area contributed by atoms with Gasteiger partial charge in [-0.2, -0.15) is 0 Å². The lowest BCUT2D eigenvalue weighted by Gasteiger charge is -2.41. The lowest BCUT2D eigenvalue weighted by molar-refractivity contribution is -0.984. The van der Waals surface area contributed by atoms with Crippen molar-refractivity contribution in [3.63, 3.8) is 0 Å². The molecule has 2 rings (SSSR count). The number of hydrogen-bond acceptors (Lipinski definition) is 1. The number of furan rings is 1. The van der Waals surface area contributed by atoms with Crippen LogP contribution in [0, 0.1) is 0 Å². The van der Waals surface area contributed by atoms with Crippen molar-refractivity contribution in [1.82, 2.24) is 0 Å². The van der Waals surface area contributed by atoms with Crippen molar-refractivity contribution in [1.29, 1.82) is 0 Å². The Morgan fingerprint density at radius 1 is 0.731 bits per heavy atom. The van der Waals surface area contributed by atoms with Gasteiger partial charge in [0.2, 0.25) is 0 Å². The summed E-state index contributed by atoms with van der Waals surface area (Å²) in [6.07, 6.45) is 0. The van der Waals surface area contributed by atoms with Crippen LogP contribution in [-0.4, -0.2) is 54.8 Å². The second-order valence-corrected chi connectivity index (χ2v) is 7.12. The summed E-state index contributed by atoms with van der Waals surface area (Å²) in [5.41, 5.74) is 1.01. The molecule has 0 radical (unpaired) electrons. The molecule has 26 heavy (non-hydrogen) atoms. The molecule has 0 N–H and O–H groups in total. The number of likely N-dealkylation sites (N-methyl/N-ethyl adjacent to an activating group) is 2. The number of quaternary nitrogens is 2. The zero-order valence-corrected chi connectivity index (χ0v) is 21.4. The maximum atomic E-state index is 6.12. The fourth-order valence-electron chi connectivity index (χ4n) is 3.86. The molecule has 150 valence electrons. The van der Waals surface area contributed by atoms with E-state index in [2.05, 4.69) is 58.9 Å². The number of hydrogen-bond donors (Lipinski definition) is 0. The Bertz CT molecular complexity index is 592. The summed E-state index contributed by atoms with van der Waals surface area (Å²) in [5, 5.41) is 1.22. The van der Waals surface area contributed by atoms with Crippen LogP contribution in [0.4, 0.5) is 0 Å². The zero-order valence-electron chi connectivity index (χ0n) is 17.1. The number of benzene rings is 1. The molecule has 0 atom stereocenters. The fraction of sp³-hybridized carbons (Fsp3) is 0.619. The van der Waals surface area contributed by atoms with Crippen LogP contribution in [0.25, 0.3) is 11.0 Å². The molecule has 0 aliphatic heterocycles. The van der Waals surface area contributed by atoms with Crippen LogP contribution < -0.4 is 48.0 Å². The average Bonchev–Trinajstić information content (AvgIpc) is 3.04. The molecule has 3 nitrogen and oxygen atoms in total. The fourth-order valence-corrected chi connectivity index (χ4v) is 3.86. The van der Waals surface area contributed by atoms with Crippen LogP contribution in [0.2, 0.25) is 0 Å². The number of halogens is 2. The van der Waals surface area contributed by atoms with Gasteiger partial charge in [-0.25, -0.2) is 0 Å². The Balaban J connectivity index is 0.00000312. The summed E-state index contributed by atoms with van der Waals surface area (Å²) in [6, 6.07) is 10.6. The third-order valence-electron chi connectivity index (χ3n) is 6.37. The van der Waals surface area contributed by atoms with Gasteiger partial charge in [0, 0.05) is 5.39 Å². The molecule has 0 fully saturated rings. The van der Waals surface area contributed by atoms with E-state index >= 15 is 0 Å². The lowest BCUT2D eigenvalue weighted by Crippen LogP contribution is -3.00. The van der Waals surface area contributed by atoms with E-state index in [9.17, 15) is 0 Å². The van der Waals surface area contributed by atoms with Crippen molar-refractivity contribution >= 4 is 11.0 Å². The van der Waals surface area contributed by atoms with E-state index in [4.69, 9.17) is 4.42 Å². The molecule has 0 spiro atoms. The van der Waals surface area contributed by atoms with Gasteiger partial charge < -0.3 is 61.3 Å². The van der Waals surface area contributed by atoms with Gasteiger partial charge >= 0.3 is 0 Å². The molecule has 0 unspecified atom stereocenters. The van der Waals surface area contributed by atoms with Crippen LogP contribution >= 0.6 is 0 Å². The van der Waals surface area contributed by atoms with E-state index in [0.717, 1.165) is 35.5 Å². The van der Waals surface area contributed by atoms with Crippen LogP contribution in [0.15, 0.2) is 34.7 Å². The van der Waals surface area contributed by atoms with E-state index in [0.29, 0.717) is 0 Å². The highest BCUT2D eigenvalue weighted by molar-refractivity contribution is 5.77. The smallest absolute Gasteiger partial charge is 0.159 e. The summed E-state index contributed by atoms with van der Waals surface area (Å²) < 4.78 is 8.45. The van der Waals surface area contributed by atoms with Crippen molar-refractivity contribution in [2.45, 2.75) is 41.2 Å². The van der Waals surface area contributed by atoms with Crippen molar-refractivity contribution < 1.29 is 61.3 Å². The maximum absolute atomic E-state index is 6.12. The highest BCUT2D eigenvalue weighted by atomic mass is 127. The van der Waals surface area contributed by atoms with Gasteiger partial charge in [-0.05, 0) is 46.8 Å². The lowest BCUT2D eigenvalue weighted by atomic mass is 10.2. The Morgan fingerprint density at radius 3 is 1.73 bits per heavy atom. The predicted molar refractivity (Wildman–Crippen MR) is 103 cm³/mol. The van der Waals surface area contributed by atoms with Gasteiger partial charge in [-0.15, -0.1) is 0 Å². The molecule has 0 bridgehead atoms. The molecule has 0 aliphatic carbocycles. The summed E-state index contributed by atoms with van der Waals surface area (Å²) >= 11 is 0. The first kappa shape index (κ1) is 26.1. The van der Waals surface area contributed by atoms with E-state index < -0.39 is 0 Å². The monoisotopic (exact) mass is 586 g/mol. The third kappa shape index (κ3) is 6.07. The first-order valence-electron chi connectivity index (χ1n) is 9.73. The molecule has 5 heteroatoms. The standard InChI is InChI=1S/C21H36N2O.2HI/c1-6-22(7-2,8-3)15-16-23(9-4,10-5)18-20-17-19-13-11-12-14-21(19)24-20;;/h11-14,17H,6-10,15-16,18H2,1-5H3;2*1H/q+2;;/p-2. The van der Waals surface area contributed by atoms with Crippen molar-refractivity contribution in [2.75, 3.05) is 45.8 Å². The number of fused-ring (bicyclic) bond motifs is 1. The van der Waals surface area contributed by atoms with Gasteiger partial charge in [-0.1, -0.05) is 18.2 Å². The molecule has 1 aromatic carbocycles. The topological polar surface area (TPSA) is 13.1 Å². The normalized spacial score (nSPS) is 11.9. The van der Waals surface area contributed by atoms with Crippen molar-refractivity contribution in [3.8, 4) is 0 Å². The predicted octanol–water partition coefficient (Wildman–Crippen LogP) is -1.33. The summed E-state index contributed by atoms with van der Waals surface area (Å²) in [5.74, 6) is 1.13. The largest absolute Gasteiger partial charge is 1.00 e. The first-order valence-corrected chi connectivity index (χ1v) is 9.73. The quantitative estimate of drug-likeness (QED) is 0.249. The van der Waals surface area contributed by atoms with Gasteiger partial charge in [-0.3, -0.25) is 0 Å². The molecule has 0 saturated heterocycles. The summed E-state index contributed by atoms with van der Waals surface area (Å²) in [4.78, 5) is 0. The van der Waals surface area contributed by atoms with E-state index in [1.807, 2.05) is 6.07 Å². The van der Waals surface area contributed by atoms with Crippen LogP contribution in [-0.2, 0) is 6.54 Å². The van der Waals surface area contributed by atoms with E-state index in [1.165, 1.54) is 42.6 Å². The minimum absolute atomic E-state index is 0. The van der Waals surface area contributed by atoms with Crippen molar-refractivity contribution in [2.24, 2.45) is 0 Å². The maximum Gasteiger partial charge on any atom is 0.159 e. The Hall–Kier alpha value is 0.140. The average molecular weight is 586 g/mol. The van der Waals surface area contributed by atoms with Gasteiger partial charge in [0.15, 0.2) is 5.76 Å². The molecule has 0 amide bonds. The van der Waals surface area contributed by atoms with E-state index in [-0.39, 0.29) is 48.0 Å². The van der Waals surface area contributed by atoms with Gasteiger partial charge in [0.05, 0.1) is 32.7 Å². The van der Waals surface area contributed by atoms with Gasteiger partial charge in [0.1, 0.15) is 25.2 Å². The molecule has 2 aromatic rings. The minimum atomic E-state index is 0. The highest BCUT2D eigenvalue weighted by Crippen LogP contribution is 2.23. The molecular formula is C21H36I2N2O. The molecule has 1 heterocycles. The summed E-state index contributed by atoms with van der Waals surface area (Å²) in [7, 11) is 0. The van der Waals surface area contributed by atoms with E-state index in [1.54, 1.807) is 0 Å². The van der Waals surface area contributed by atoms with Crippen LogP contribution in [0.1, 0.15) is 40.4 Å². The number of para-hydroxylation sites is 1. The Kier molecular flexibility index (Phi) is 11.9. The number of rotatable bonds is 10. The molecule has 1 aromatic heterocycles. The molecule has 0 saturated carbocycles. The second-order valence-electron chi connectivity index (χ2n) is 7.12. The van der Waals surface area contributed by atoms with Crippen LogP contribution in [0.3, 0.4) is 0 Å². The van der Waals surface area contributed by atoms with Crippen LogP contribution in [0.5, 0.6) is 0 Å². The third-order valence-corrected chi connectivity index (χ3v) is 6.37. The first-order chi connectivity index (χ1) is 11.6. The Labute approximate surface area is 194 Å². The molecular weight excluding hydrogens is 550 g/mol. The molecule has 0 aliphatic rings.